The molecule has 0 spiro atoms. The van der Waals surface area contributed by atoms with Gasteiger partial charge < -0.3 is 24.6 Å². The largest absolute Gasteiger partial charge is 0.481 e. The fourth-order valence-corrected chi connectivity index (χ4v) is 13.9. The molecule has 5 fully saturated rings. The van der Waals surface area contributed by atoms with Crippen molar-refractivity contribution in [1.82, 2.24) is 20.1 Å². The van der Waals surface area contributed by atoms with Crippen LogP contribution < -0.4 is 5.32 Å². The molecule has 296 valence electrons. The Kier molecular flexibility index (Phi) is 9.59. The molecule has 4 aliphatic carbocycles. The maximum Gasteiger partial charge on any atom is 0.307 e. The molecule has 0 unspecified atom stereocenters. The highest BCUT2D eigenvalue weighted by atomic mass is 16.5. The van der Waals surface area contributed by atoms with Crippen LogP contribution in [0.5, 0.6) is 0 Å². The average Bonchev–Trinajstić information content (AvgIpc) is 3.65. The number of aromatic nitrogens is 3. The van der Waals surface area contributed by atoms with Gasteiger partial charge in [0.05, 0.1) is 37.9 Å². The summed E-state index contributed by atoms with van der Waals surface area (Å²) in [6.07, 6.45) is 11.8. The van der Waals surface area contributed by atoms with Crippen LogP contribution in [0.1, 0.15) is 106 Å². The van der Waals surface area contributed by atoms with Crippen molar-refractivity contribution in [2.75, 3.05) is 40.1 Å². The number of hydrogen-bond acceptors (Lipinski definition) is 7. The molecule has 2 aliphatic heterocycles. The number of carboxylic acid groups (broad SMARTS) is 1. The number of nitrogens with one attached hydrogen (secondary N) is 1. The lowest BCUT2D eigenvalue weighted by atomic mass is 9.34. The van der Waals surface area contributed by atoms with Crippen molar-refractivity contribution in [2.24, 2.45) is 56.7 Å². The Hall–Kier alpha value is -2.59. The summed E-state index contributed by atoms with van der Waals surface area (Å²) in [4.78, 5) is 18.5. The second-order valence-corrected chi connectivity index (χ2v) is 19.9. The van der Waals surface area contributed by atoms with Crippen LogP contribution >= 0.6 is 0 Å². The maximum absolute atomic E-state index is 13.6. The van der Waals surface area contributed by atoms with Crippen LogP contribution in [-0.4, -0.2) is 77.6 Å². The van der Waals surface area contributed by atoms with Gasteiger partial charge in [-0.2, -0.15) is 5.10 Å². The molecule has 0 amide bonds. The third-order valence-electron chi connectivity index (χ3n) is 17.5. The lowest BCUT2D eigenvalue weighted by Gasteiger charge is -2.71. The Balaban J connectivity index is 1.23. The number of ether oxygens (including phenoxy) is 3. The Bertz CT molecular complexity index is 1740. The van der Waals surface area contributed by atoms with Crippen LogP contribution in [0, 0.1) is 56.7 Å². The van der Waals surface area contributed by atoms with E-state index in [9.17, 15) is 9.90 Å². The summed E-state index contributed by atoms with van der Waals surface area (Å²) in [5, 5.41) is 19.8. The lowest BCUT2D eigenvalue weighted by Crippen LogP contribution is -2.69. The topological polar surface area (TPSA) is 108 Å². The van der Waals surface area contributed by atoms with Crippen molar-refractivity contribution in [2.45, 2.75) is 118 Å². The molecule has 1 aromatic carbocycles. The molecule has 2 N–H and O–H groups in total. The average molecular weight is 743 g/mol. The van der Waals surface area contributed by atoms with E-state index in [2.05, 4.69) is 95.9 Å². The van der Waals surface area contributed by atoms with Crippen molar-refractivity contribution in [3.63, 3.8) is 0 Å². The fourth-order valence-electron chi connectivity index (χ4n) is 13.9. The highest BCUT2D eigenvalue weighted by Crippen LogP contribution is 2.75. The predicted octanol–water partition coefficient (Wildman–Crippen LogP) is 8.23. The summed E-state index contributed by atoms with van der Waals surface area (Å²) in [6.45, 7) is 19.8. The van der Waals surface area contributed by atoms with E-state index in [4.69, 9.17) is 24.3 Å². The van der Waals surface area contributed by atoms with Gasteiger partial charge in [0.2, 0.25) is 0 Å². The number of nitrogens with zero attached hydrogens (tertiary/aromatic N) is 3. The second-order valence-electron chi connectivity index (χ2n) is 19.9. The van der Waals surface area contributed by atoms with Gasteiger partial charge in [-0.15, -0.1) is 0 Å². The smallest absolute Gasteiger partial charge is 0.307 e. The highest BCUT2D eigenvalue weighted by Gasteiger charge is 2.72. The molecule has 8 rings (SSSR count). The van der Waals surface area contributed by atoms with Crippen LogP contribution in [0.4, 0.5) is 0 Å². The van der Waals surface area contributed by atoms with Crippen LogP contribution in [0.25, 0.3) is 11.4 Å². The molecule has 2 aromatic rings. The number of likely N-dealkylation sites (N-methyl/N-ethyl adjacent to an activating group) is 1. The normalized spacial score (nSPS) is 41.9. The van der Waals surface area contributed by atoms with Crippen LogP contribution in [0.3, 0.4) is 0 Å². The van der Waals surface area contributed by atoms with Crippen molar-refractivity contribution in [3.05, 3.63) is 48.3 Å². The number of hydrogen-bond donors (Lipinski definition) is 2. The standard InChI is InChI=1S/C45H66N4O5/c1-29(2)30(3)40(4)18-19-42(6)32-14-15-35-41(5)25-53-27-45(35,33(32)16-17-43(42,7)36(40)39(50)51)24-34(37(41)54-26-44(46-8)20-22-52-23-21-44)49-38(47-28-48-49)31-12-10-9-11-13-31/h9-13,16,28-30,32,34-37,46H,14-15,17-27H2,1-8H3,(H,50,51)/t30-,32+,34-,35+,36-,37+,40-,41+,42-,43+,45+/m1/s1. The minimum atomic E-state index is -0.614. The molecule has 6 aliphatic rings. The number of aliphatic carboxylic acids is 1. The van der Waals surface area contributed by atoms with E-state index < -0.39 is 11.9 Å². The van der Waals surface area contributed by atoms with E-state index in [0.717, 1.165) is 76.0 Å². The van der Waals surface area contributed by atoms with E-state index in [1.807, 2.05) is 6.07 Å². The Morgan fingerprint density at radius 3 is 2.43 bits per heavy atom. The molecule has 9 heteroatoms. The van der Waals surface area contributed by atoms with Gasteiger partial charge in [0.1, 0.15) is 6.33 Å². The lowest BCUT2D eigenvalue weighted by molar-refractivity contribution is -0.253. The van der Waals surface area contributed by atoms with E-state index in [1.165, 1.54) is 5.57 Å². The van der Waals surface area contributed by atoms with Gasteiger partial charge in [-0.3, -0.25) is 4.79 Å². The quantitative estimate of drug-likeness (QED) is 0.248. The predicted molar refractivity (Wildman–Crippen MR) is 210 cm³/mol. The van der Waals surface area contributed by atoms with Gasteiger partial charge >= 0.3 is 5.97 Å². The van der Waals surface area contributed by atoms with E-state index in [1.54, 1.807) is 6.33 Å². The van der Waals surface area contributed by atoms with Gasteiger partial charge in [0.15, 0.2) is 5.82 Å². The maximum atomic E-state index is 13.6. The number of rotatable bonds is 9. The Morgan fingerprint density at radius 1 is 1.00 bits per heavy atom. The van der Waals surface area contributed by atoms with Crippen LogP contribution in [0.15, 0.2) is 48.3 Å². The molecule has 11 atom stereocenters. The summed E-state index contributed by atoms with van der Waals surface area (Å²) in [5.74, 6) is 1.27. The fraction of sp³-hybridized carbons (Fsp3) is 0.756. The number of carbonyl (C=O) groups is 1. The van der Waals surface area contributed by atoms with Crippen molar-refractivity contribution in [1.29, 1.82) is 0 Å². The summed E-state index contributed by atoms with van der Waals surface area (Å²) in [7, 11) is 2.06. The van der Waals surface area contributed by atoms with Gasteiger partial charge in [0.25, 0.3) is 0 Å². The Labute approximate surface area is 323 Å². The third-order valence-corrected chi connectivity index (χ3v) is 17.5. The zero-order chi connectivity index (χ0) is 38.3. The minimum absolute atomic E-state index is 0.0596. The Morgan fingerprint density at radius 2 is 1.74 bits per heavy atom. The van der Waals surface area contributed by atoms with Crippen LogP contribution in [-0.2, 0) is 19.0 Å². The molecule has 2 saturated heterocycles. The van der Waals surface area contributed by atoms with Crippen molar-refractivity contribution < 1.29 is 24.1 Å². The number of carboxylic acids is 1. The van der Waals surface area contributed by atoms with Gasteiger partial charge in [-0.25, -0.2) is 9.67 Å². The van der Waals surface area contributed by atoms with E-state index in [0.29, 0.717) is 43.5 Å². The second kappa shape index (κ2) is 13.5. The molecule has 3 heterocycles. The molecular weight excluding hydrogens is 677 g/mol. The minimum Gasteiger partial charge on any atom is -0.481 e. The first-order valence-electron chi connectivity index (χ1n) is 21.0. The zero-order valence-corrected chi connectivity index (χ0v) is 34.2. The molecular formula is C45H66N4O5. The molecule has 9 nitrogen and oxygen atoms in total. The highest BCUT2D eigenvalue weighted by molar-refractivity contribution is 5.73. The number of benzene rings is 1. The number of allylic oxidation sites excluding steroid dienone is 1. The van der Waals surface area contributed by atoms with Gasteiger partial charge in [-0.05, 0) is 98.3 Å². The molecule has 3 saturated carbocycles. The third kappa shape index (κ3) is 5.40. The zero-order valence-electron chi connectivity index (χ0n) is 34.2. The summed E-state index contributed by atoms with van der Waals surface area (Å²) < 4.78 is 22.2. The summed E-state index contributed by atoms with van der Waals surface area (Å²) in [6, 6.07) is 10.4. The monoisotopic (exact) mass is 743 g/mol. The van der Waals surface area contributed by atoms with Crippen molar-refractivity contribution >= 4 is 5.97 Å². The van der Waals surface area contributed by atoms with E-state index >= 15 is 0 Å². The summed E-state index contributed by atoms with van der Waals surface area (Å²) >= 11 is 0. The molecule has 54 heavy (non-hydrogen) atoms. The first-order valence-corrected chi connectivity index (χ1v) is 21.0. The van der Waals surface area contributed by atoms with Gasteiger partial charge in [0, 0.05) is 35.1 Å². The van der Waals surface area contributed by atoms with Crippen LogP contribution in [0.2, 0.25) is 0 Å². The number of fused-ring (bicyclic) bond motifs is 3. The molecule has 1 aromatic heterocycles. The molecule has 0 radical (unpaired) electrons. The first-order chi connectivity index (χ1) is 25.7. The van der Waals surface area contributed by atoms with Gasteiger partial charge in [-0.1, -0.05) is 90.4 Å². The van der Waals surface area contributed by atoms with Crippen molar-refractivity contribution in [3.8, 4) is 11.4 Å². The summed E-state index contributed by atoms with van der Waals surface area (Å²) in [5.41, 5.74) is 1.22. The molecule has 2 bridgehead atoms. The SMILES string of the molecule is CNC1(CO[C@H]2[C@H](n3ncnc3-c3ccccc3)C[C@@]34COC[C@@]2(C)[C@@H]3CC[C@H]2C4=CC[C@@]3(C)[C@H](C(=O)O)[C@@](C)([C@H](C)C(C)C)CC[C@]23C)CCOCC1. The first kappa shape index (κ1) is 38.3. The van der Waals surface area contributed by atoms with E-state index in [-0.39, 0.29) is 44.8 Å².